The monoisotopic (exact) mass is 557 g/mol. The van der Waals surface area contributed by atoms with Gasteiger partial charge in [-0.05, 0) is 55.5 Å². The van der Waals surface area contributed by atoms with E-state index in [1.165, 1.54) is 4.90 Å². The summed E-state index contributed by atoms with van der Waals surface area (Å²) in [5.74, 6) is 0.939. The lowest BCUT2D eigenvalue weighted by molar-refractivity contribution is -0.200. The van der Waals surface area contributed by atoms with Gasteiger partial charge < -0.3 is 4.90 Å². The molecule has 0 spiro atoms. The molecule has 1 aromatic carbocycles. The lowest BCUT2D eigenvalue weighted by atomic mass is 9.95. The van der Waals surface area contributed by atoms with Gasteiger partial charge in [-0.25, -0.2) is 9.97 Å². The molecule has 0 unspecified atom stereocenters. The molecule has 1 aliphatic carbocycles. The second kappa shape index (κ2) is 8.80. The molecule has 202 valence electrons. The third-order valence-corrected chi connectivity index (χ3v) is 7.90. The zero-order valence-corrected chi connectivity index (χ0v) is 20.7. The van der Waals surface area contributed by atoms with E-state index in [9.17, 15) is 26.3 Å². The summed E-state index contributed by atoms with van der Waals surface area (Å²) in [7, 11) is 0. The fourth-order valence-corrected chi connectivity index (χ4v) is 5.68. The van der Waals surface area contributed by atoms with E-state index in [0.717, 1.165) is 12.3 Å². The zero-order chi connectivity index (χ0) is 26.9. The molecule has 0 bridgehead atoms. The van der Waals surface area contributed by atoms with Crippen LogP contribution in [0.5, 0.6) is 0 Å². The van der Waals surface area contributed by atoms with Crippen LogP contribution in [0.1, 0.15) is 54.5 Å². The Kier molecular flexibility index (Phi) is 5.87. The van der Waals surface area contributed by atoms with E-state index in [4.69, 9.17) is 11.6 Å². The van der Waals surface area contributed by atoms with E-state index in [1.807, 2.05) is 4.57 Å². The van der Waals surface area contributed by atoms with Gasteiger partial charge in [-0.15, -0.1) is 10.2 Å². The molecule has 0 radical (unpaired) electrons. The Bertz CT molecular complexity index is 1360. The quantitative estimate of drug-likeness (QED) is 0.395. The number of hydrogen-bond donors (Lipinski definition) is 0. The lowest BCUT2D eigenvalue weighted by Crippen LogP contribution is -2.47. The van der Waals surface area contributed by atoms with Gasteiger partial charge >= 0.3 is 12.4 Å². The molecule has 0 atom stereocenters. The Morgan fingerprint density at radius 2 is 1.68 bits per heavy atom. The van der Waals surface area contributed by atoms with Crippen molar-refractivity contribution in [1.82, 2.24) is 29.6 Å². The van der Waals surface area contributed by atoms with Crippen molar-refractivity contribution in [1.29, 1.82) is 0 Å². The van der Waals surface area contributed by atoms with Crippen molar-refractivity contribution in [2.45, 2.75) is 62.6 Å². The maximum Gasteiger partial charge on any atom is 0.433 e. The number of benzene rings is 1. The minimum absolute atomic E-state index is 0.0101. The van der Waals surface area contributed by atoms with Crippen molar-refractivity contribution < 1.29 is 26.3 Å². The van der Waals surface area contributed by atoms with Gasteiger partial charge in [0.15, 0.2) is 5.82 Å². The van der Waals surface area contributed by atoms with E-state index in [0.29, 0.717) is 53.9 Å². The number of piperidine rings is 1. The molecule has 2 aromatic heterocycles. The van der Waals surface area contributed by atoms with Crippen LogP contribution in [-0.4, -0.2) is 54.4 Å². The minimum atomic E-state index is -4.57. The van der Waals surface area contributed by atoms with Gasteiger partial charge in [0.25, 0.3) is 0 Å². The summed E-state index contributed by atoms with van der Waals surface area (Å²) >= 11 is 6.23. The van der Waals surface area contributed by atoms with E-state index >= 15 is 0 Å². The predicted octanol–water partition coefficient (Wildman–Crippen LogP) is 5.52. The first kappa shape index (κ1) is 25.4. The maximum absolute atomic E-state index is 14.0. The number of alkyl halides is 6. The van der Waals surface area contributed by atoms with Gasteiger partial charge in [0.1, 0.15) is 17.1 Å². The Morgan fingerprint density at radius 3 is 2.34 bits per heavy atom. The summed E-state index contributed by atoms with van der Waals surface area (Å²) in [6, 6.07) is 5.98. The lowest BCUT2D eigenvalue weighted by Gasteiger charge is -2.32. The Hall–Kier alpha value is -2.93. The van der Waals surface area contributed by atoms with E-state index in [1.54, 1.807) is 23.1 Å². The second-order valence-corrected chi connectivity index (χ2v) is 10.4. The van der Waals surface area contributed by atoms with Gasteiger partial charge in [-0.2, -0.15) is 26.3 Å². The van der Waals surface area contributed by atoms with Crippen molar-refractivity contribution in [2.75, 3.05) is 18.0 Å². The van der Waals surface area contributed by atoms with Crippen molar-refractivity contribution in [3.63, 3.8) is 0 Å². The molecule has 3 aliphatic rings. The Labute approximate surface area is 218 Å². The summed E-state index contributed by atoms with van der Waals surface area (Å²) in [5.41, 5.74) is -1.54. The number of aromatic nitrogens is 5. The van der Waals surface area contributed by atoms with Crippen LogP contribution < -0.4 is 4.90 Å². The average Bonchev–Trinajstić information content (AvgIpc) is 3.62. The van der Waals surface area contributed by atoms with Crippen LogP contribution in [0.15, 0.2) is 30.5 Å². The number of halogens is 7. The summed E-state index contributed by atoms with van der Waals surface area (Å²) in [5, 5.41) is 9.14. The summed E-state index contributed by atoms with van der Waals surface area (Å²) in [4.78, 5) is 10.8. The van der Waals surface area contributed by atoms with E-state index in [-0.39, 0.29) is 37.8 Å². The predicted molar refractivity (Wildman–Crippen MR) is 125 cm³/mol. The second-order valence-electron chi connectivity index (χ2n) is 9.97. The highest BCUT2D eigenvalue weighted by Gasteiger charge is 2.66. The van der Waals surface area contributed by atoms with Crippen LogP contribution in [0.25, 0.3) is 5.69 Å². The largest absolute Gasteiger partial charge is 0.433 e. The fourth-order valence-electron chi connectivity index (χ4n) is 5.49. The number of hydrogen-bond acceptors (Lipinski definition) is 6. The molecule has 38 heavy (non-hydrogen) atoms. The normalized spacial score (nSPS) is 20.1. The third kappa shape index (κ3) is 4.29. The molecule has 4 heterocycles. The number of nitrogens with zero attached hydrogens (tertiary/aromatic N) is 7. The molecule has 1 saturated carbocycles. The van der Waals surface area contributed by atoms with E-state index < -0.39 is 23.6 Å². The van der Waals surface area contributed by atoms with Gasteiger partial charge in [0.05, 0.1) is 12.2 Å². The van der Waals surface area contributed by atoms with Crippen LogP contribution >= 0.6 is 11.6 Å². The number of anilines is 1. The van der Waals surface area contributed by atoms with Gasteiger partial charge in [-0.3, -0.25) is 9.47 Å². The maximum atomic E-state index is 14.0. The molecule has 0 N–H and O–H groups in total. The standard InChI is InChI=1S/C24H22ClF6N7/c25-16-1-2-17-15(11-16)12-37(22(6-7-22)24(29,30)31)13-19-34-35-20(38(17)19)14-4-9-36(10-5-14)21-32-8-3-18(33-21)23(26,27)28/h1-3,8,11,14H,4-7,9-10,12-13H2. The van der Waals surface area contributed by atoms with Gasteiger partial charge in [-0.1, -0.05) is 11.6 Å². The van der Waals surface area contributed by atoms with Crippen LogP contribution in [0.3, 0.4) is 0 Å². The SMILES string of the molecule is FC(F)(F)c1ccnc(N2CCC(c3nnc4n3-c3ccc(Cl)cc3CN(C3(C(F)(F)F)CC3)C4)CC2)n1. The van der Waals surface area contributed by atoms with Crippen molar-refractivity contribution >= 4 is 17.5 Å². The Balaban J connectivity index is 1.29. The summed E-state index contributed by atoms with van der Waals surface area (Å²) in [6.07, 6.45) is -6.70. The first-order valence-corrected chi connectivity index (χ1v) is 12.5. The first-order chi connectivity index (χ1) is 18.0. The van der Waals surface area contributed by atoms with Crippen LogP contribution in [0, 0.1) is 0 Å². The molecular formula is C24H22ClF6N7. The topological polar surface area (TPSA) is 63.0 Å². The summed E-state index contributed by atoms with van der Waals surface area (Å²) in [6.45, 7) is 0.842. The molecule has 3 aromatic rings. The molecule has 2 fully saturated rings. The number of rotatable bonds is 3. The highest BCUT2D eigenvalue weighted by molar-refractivity contribution is 6.30. The highest BCUT2D eigenvalue weighted by Crippen LogP contribution is 2.55. The van der Waals surface area contributed by atoms with E-state index in [2.05, 4.69) is 20.2 Å². The molecular weight excluding hydrogens is 536 g/mol. The van der Waals surface area contributed by atoms with Crippen molar-refractivity contribution in [3.8, 4) is 5.69 Å². The summed E-state index contributed by atoms with van der Waals surface area (Å²) < 4.78 is 83.2. The number of fused-ring (bicyclic) bond motifs is 3. The van der Waals surface area contributed by atoms with Gasteiger partial charge in [0.2, 0.25) is 5.95 Å². The van der Waals surface area contributed by atoms with Gasteiger partial charge in [0, 0.05) is 36.8 Å². The van der Waals surface area contributed by atoms with Crippen LogP contribution in [-0.2, 0) is 19.3 Å². The zero-order valence-electron chi connectivity index (χ0n) is 19.9. The fraction of sp³-hybridized carbons (Fsp3) is 0.500. The molecule has 14 heteroatoms. The van der Waals surface area contributed by atoms with Crippen LogP contribution in [0.2, 0.25) is 5.02 Å². The smallest absolute Gasteiger partial charge is 0.341 e. The molecule has 7 nitrogen and oxygen atoms in total. The average molecular weight is 558 g/mol. The van der Waals surface area contributed by atoms with Crippen molar-refractivity contribution in [2.24, 2.45) is 0 Å². The minimum Gasteiger partial charge on any atom is -0.341 e. The highest BCUT2D eigenvalue weighted by atomic mass is 35.5. The first-order valence-electron chi connectivity index (χ1n) is 12.2. The van der Waals surface area contributed by atoms with Crippen LogP contribution in [0.4, 0.5) is 32.3 Å². The third-order valence-electron chi connectivity index (χ3n) is 7.66. The molecule has 0 amide bonds. The molecule has 6 rings (SSSR count). The molecule has 1 saturated heterocycles. The molecule has 2 aliphatic heterocycles. The Morgan fingerprint density at radius 1 is 0.947 bits per heavy atom. The van der Waals surface area contributed by atoms with Crippen molar-refractivity contribution in [3.05, 3.63) is 58.4 Å².